The van der Waals surface area contributed by atoms with E-state index in [0.29, 0.717) is 23.8 Å². The smallest absolute Gasteiger partial charge is 0.228 e. The van der Waals surface area contributed by atoms with E-state index in [1.54, 1.807) is 0 Å². The van der Waals surface area contributed by atoms with Crippen molar-refractivity contribution in [3.8, 4) is 11.8 Å². The summed E-state index contributed by atoms with van der Waals surface area (Å²) in [5.74, 6) is 1.96. The second-order valence-electron chi connectivity index (χ2n) is 7.77. The first-order valence-corrected chi connectivity index (χ1v) is 9.50. The molecule has 27 heavy (non-hydrogen) atoms. The minimum atomic E-state index is 0.0844. The number of hydrogen-bond acceptors (Lipinski definition) is 4. The number of fused-ring (bicyclic) bond motifs is 4. The highest BCUT2D eigenvalue weighted by Crippen LogP contribution is 2.42. The third-order valence-electron chi connectivity index (χ3n) is 6.02. The van der Waals surface area contributed by atoms with Gasteiger partial charge in [-0.25, -0.2) is 0 Å². The van der Waals surface area contributed by atoms with Crippen molar-refractivity contribution >= 4 is 11.6 Å². The Morgan fingerprint density at radius 1 is 1.22 bits per heavy atom. The number of ether oxygens (including phenoxy) is 1. The fourth-order valence-corrected chi connectivity index (χ4v) is 4.63. The second-order valence-corrected chi connectivity index (χ2v) is 7.77. The molecule has 1 amide bonds. The fraction of sp³-hybridized carbons (Fsp3) is 0.364. The summed E-state index contributed by atoms with van der Waals surface area (Å²) in [6.07, 6.45) is 1.47. The van der Waals surface area contributed by atoms with Crippen LogP contribution in [-0.4, -0.2) is 37.0 Å². The Kier molecular flexibility index (Phi) is 3.87. The molecule has 2 aromatic carbocycles. The summed E-state index contributed by atoms with van der Waals surface area (Å²) in [5.41, 5.74) is 5.24. The van der Waals surface area contributed by atoms with Crippen molar-refractivity contribution in [1.29, 1.82) is 5.26 Å². The highest BCUT2D eigenvalue weighted by Gasteiger charge is 2.38. The number of nitriles is 1. The molecular weight excluding hydrogens is 338 g/mol. The summed E-state index contributed by atoms with van der Waals surface area (Å²) in [6, 6.07) is 14.3. The van der Waals surface area contributed by atoms with E-state index in [-0.39, 0.29) is 5.91 Å². The number of carbonyl (C=O) groups excluding carboxylic acids is 1. The van der Waals surface area contributed by atoms with Crippen LogP contribution in [0.1, 0.15) is 28.2 Å². The number of rotatable bonds is 3. The van der Waals surface area contributed by atoms with Crippen molar-refractivity contribution in [1.82, 2.24) is 4.90 Å². The average Bonchev–Trinajstić information content (AvgIpc) is 3.27. The van der Waals surface area contributed by atoms with Gasteiger partial charge in [0, 0.05) is 42.7 Å². The molecule has 1 saturated heterocycles. The number of nitrogens with zero attached hydrogens (tertiary/aromatic N) is 2. The Labute approximate surface area is 158 Å². The molecule has 136 valence electrons. The summed E-state index contributed by atoms with van der Waals surface area (Å²) in [4.78, 5) is 14.0. The molecule has 3 aliphatic rings. The van der Waals surface area contributed by atoms with Gasteiger partial charge < -0.3 is 15.0 Å². The van der Waals surface area contributed by atoms with E-state index in [4.69, 9.17) is 4.74 Å². The monoisotopic (exact) mass is 359 g/mol. The Morgan fingerprint density at radius 3 is 3.04 bits per heavy atom. The zero-order chi connectivity index (χ0) is 18.4. The van der Waals surface area contributed by atoms with Crippen molar-refractivity contribution in [3.63, 3.8) is 0 Å². The predicted molar refractivity (Wildman–Crippen MR) is 102 cm³/mol. The van der Waals surface area contributed by atoms with Crippen LogP contribution in [0.4, 0.5) is 5.69 Å². The van der Waals surface area contributed by atoms with Crippen LogP contribution in [0.25, 0.3) is 0 Å². The molecule has 0 spiro atoms. The van der Waals surface area contributed by atoms with E-state index in [9.17, 15) is 10.1 Å². The number of anilines is 1. The zero-order valence-corrected chi connectivity index (χ0v) is 15.1. The van der Waals surface area contributed by atoms with Gasteiger partial charge in [-0.05, 0) is 41.8 Å². The van der Waals surface area contributed by atoms with Crippen LogP contribution in [0.2, 0.25) is 0 Å². The number of likely N-dealkylation sites (tertiary alicyclic amines) is 1. The molecule has 2 unspecified atom stereocenters. The van der Waals surface area contributed by atoms with Gasteiger partial charge in [0.1, 0.15) is 5.75 Å². The van der Waals surface area contributed by atoms with Gasteiger partial charge >= 0.3 is 0 Å². The van der Waals surface area contributed by atoms with Gasteiger partial charge in [-0.1, -0.05) is 12.1 Å². The first-order valence-electron chi connectivity index (χ1n) is 9.50. The fourth-order valence-electron chi connectivity index (χ4n) is 4.63. The first-order chi connectivity index (χ1) is 13.2. The van der Waals surface area contributed by atoms with E-state index in [1.807, 2.05) is 24.3 Å². The Bertz CT molecular complexity index is 963. The third kappa shape index (κ3) is 2.96. The molecule has 0 bridgehead atoms. The molecule has 1 fully saturated rings. The second kappa shape index (κ2) is 6.40. The summed E-state index contributed by atoms with van der Waals surface area (Å²) in [5, 5.41) is 12.1. The topological polar surface area (TPSA) is 65.4 Å². The van der Waals surface area contributed by atoms with E-state index >= 15 is 0 Å². The molecule has 5 nitrogen and oxygen atoms in total. The molecule has 0 saturated carbocycles. The number of benzene rings is 2. The van der Waals surface area contributed by atoms with Crippen molar-refractivity contribution < 1.29 is 9.53 Å². The molecule has 0 aromatic heterocycles. The van der Waals surface area contributed by atoms with Gasteiger partial charge in [-0.2, -0.15) is 5.26 Å². The molecule has 0 aliphatic carbocycles. The van der Waals surface area contributed by atoms with Gasteiger partial charge in [0.2, 0.25) is 5.91 Å². The van der Waals surface area contributed by atoms with E-state index in [0.717, 1.165) is 49.7 Å². The lowest BCUT2D eigenvalue weighted by atomic mass is 9.86. The molecule has 5 rings (SSSR count). The van der Waals surface area contributed by atoms with Crippen molar-refractivity contribution in [2.45, 2.75) is 18.8 Å². The van der Waals surface area contributed by atoms with E-state index < -0.39 is 0 Å². The Morgan fingerprint density at radius 2 is 2.15 bits per heavy atom. The Hall–Kier alpha value is -2.84. The minimum Gasteiger partial charge on any atom is -0.493 e. The first kappa shape index (κ1) is 16.3. The van der Waals surface area contributed by atoms with Gasteiger partial charge in [0.15, 0.2) is 0 Å². The number of amides is 1. The van der Waals surface area contributed by atoms with Gasteiger partial charge in [0.25, 0.3) is 0 Å². The van der Waals surface area contributed by atoms with Crippen LogP contribution in [-0.2, 0) is 17.6 Å². The normalized spacial score (nSPS) is 23.0. The quantitative estimate of drug-likeness (QED) is 0.915. The lowest BCUT2D eigenvalue weighted by molar-refractivity contribution is -0.115. The van der Waals surface area contributed by atoms with Gasteiger partial charge in [-0.15, -0.1) is 0 Å². The third-order valence-corrected chi connectivity index (χ3v) is 6.02. The lowest BCUT2D eigenvalue weighted by Crippen LogP contribution is -2.25. The summed E-state index contributed by atoms with van der Waals surface area (Å²) in [6.45, 7) is 3.81. The van der Waals surface area contributed by atoms with Crippen LogP contribution >= 0.6 is 0 Å². The molecule has 1 N–H and O–H groups in total. The maximum Gasteiger partial charge on any atom is 0.228 e. The van der Waals surface area contributed by atoms with Crippen molar-refractivity contribution in [3.05, 3.63) is 58.7 Å². The lowest BCUT2D eigenvalue weighted by Gasteiger charge is -2.27. The summed E-state index contributed by atoms with van der Waals surface area (Å²) < 4.78 is 5.93. The molecule has 0 radical (unpaired) electrons. The van der Waals surface area contributed by atoms with Crippen LogP contribution in [0, 0.1) is 17.2 Å². The summed E-state index contributed by atoms with van der Waals surface area (Å²) >= 11 is 0. The predicted octanol–water partition coefficient (Wildman–Crippen LogP) is 2.70. The maximum absolute atomic E-state index is 11.5. The standard InChI is InChI=1S/C22H21N3O2/c23-10-15-2-4-21-18(8-15)19-12-25(11-17(19)13-27-21)6-5-14-1-3-20-16(7-14)9-22(26)24-20/h1-4,7-8,17,19H,5-6,9,11-13H2,(H,24,26). The number of carbonyl (C=O) groups is 1. The number of hydrogen-bond donors (Lipinski definition) is 1. The van der Waals surface area contributed by atoms with Crippen LogP contribution < -0.4 is 10.1 Å². The SMILES string of the molecule is N#Cc1ccc2c(c1)C1CN(CCc3ccc4c(c3)CC(=O)N4)CC1CO2. The van der Waals surface area contributed by atoms with Gasteiger partial charge in [-0.3, -0.25) is 4.79 Å². The number of nitrogens with one attached hydrogen (secondary N) is 1. The minimum absolute atomic E-state index is 0.0844. The largest absolute Gasteiger partial charge is 0.493 e. The Balaban J connectivity index is 1.27. The highest BCUT2D eigenvalue weighted by atomic mass is 16.5. The molecule has 3 aliphatic heterocycles. The van der Waals surface area contributed by atoms with Crippen molar-refractivity contribution in [2.75, 3.05) is 31.6 Å². The van der Waals surface area contributed by atoms with Crippen LogP contribution in [0.5, 0.6) is 5.75 Å². The van der Waals surface area contributed by atoms with E-state index in [1.165, 1.54) is 11.1 Å². The molecule has 5 heteroatoms. The van der Waals surface area contributed by atoms with E-state index in [2.05, 4.69) is 28.4 Å². The average molecular weight is 359 g/mol. The molecule has 2 aromatic rings. The van der Waals surface area contributed by atoms with Crippen LogP contribution in [0.3, 0.4) is 0 Å². The zero-order valence-electron chi connectivity index (χ0n) is 15.1. The summed E-state index contributed by atoms with van der Waals surface area (Å²) in [7, 11) is 0. The molecular formula is C22H21N3O2. The van der Waals surface area contributed by atoms with Crippen molar-refractivity contribution in [2.24, 2.45) is 5.92 Å². The molecule has 2 atom stereocenters. The maximum atomic E-state index is 11.5. The molecule has 3 heterocycles. The van der Waals surface area contributed by atoms with Crippen LogP contribution in [0.15, 0.2) is 36.4 Å². The van der Waals surface area contributed by atoms with Gasteiger partial charge in [0.05, 0.1) is 24.7 Å². The highest BCUT2D eigenvalue weighted by molar-refractivity contribution is 5.99.